The van der Waals surface area contributed by atoms with Gasteiger partial charge in [0.2, 0.25) is 5.88 Å². The Balaban J connectivity index is 0.00000103. The van der Waals surface area contributed by atoms with Gasteiger partial charge >= 0.3 is 0 Å². The lowest BCUT2D eigenvalue weighted by Crippen LogP contribution is -2.27. The molecule has 2 aromatic heterocycles. The molecule has 0 fully saturated rings. The summed E-state index contributed by atoms with van der Waals surface area (Å²) in [6, 6.07) is 4.81. The molecule has 1 atom stereocenters. The Morgan fingerprint density at radius 2 is 1.93 bits per heavy atom. The molecular formula is C21H28F2N4O3. The topological polar surface area (TPSA) is 93.2 Å². The van der Waals surface area contributed by atoms with Crippen LogP contribution in [0.5, 0.6) is 5.88 Å². The number of alkyl halides is 2. The van der Waals surface area contributed by atoms with Crippen LogP contribution >= 0.6 is 0 Å². The Bertz CT molecular complexity index is 847. The number of rotatable bonds is 8. The average molecular weight is 422 g/mol. The highest BCUT2D eigenvalue weighted by Gasteiger charge is 2.15. The van der Waals surface area contributed by atoms with Gasteiger partial charge in [-0.25, -0.2) is 18.7 Å². The van der Waals surface area contributed by atoms with Crippen molar-refractivity contribution >= 4 is 18.0 Å². The molecule has 0 aliphatic carbocycles. The minimum atomic E-state index is -2.56. The molecule has 0 radical (unpaired) electrons. The fourth-order valence-corrected chi connectivity index (χ4v) is 2.40. The standard InChI is InChI=1S/C18H22F2N4O2.C3H6O/c1-10-5-14(8-22-18(10)26-9-15(19)20)12(3)24-17(25)13-6-11(2)23-16(7-13)21-4;1-2-3-4/h5-8,12,15H,9H2,1-4H3,(H,21,23)(H,24,25);3H,2H2,1H3. The molecule has 0 spiro atoms. The first-order chi connectivity index (χ1) is 14.2. The Morgan fingerprint density at radius 1 is 1.27 bits per heavy atom. The number of carbonyl (C=O) groups excluding carboxylic acids is 2. The number of amides is 1. The highest BCUT2D eigenvalue weighted by Crippen LogP contribution is 2.21. The van der Waals surface area contributed by atoms with Crippen molar-refractivity contribution in [1.82, 2.24) is 15.3 Å². The smallest absolute Gasteiger partial charge is 0.272 e. The number of carbonyl (C=O) groups is 2. The quantitative estimate of drug-likeness (QED) is 0.628. The number of hydrogen-bond acceptors (Lipinski definition) is 6. The lowest BCUT2D eigenvalue weighted by atomic mass is 10.1. The molecule has 0 aromatic carbocycles. The van der Waals surface area contributed by atoms with E-state index in [1.807, 2.05) is 20.8 Å². The molecule has 2 aromatic rings. The second-order valence-electron chi connectivity index (χ2n) is 6.50. The van der Waals surface area contributed by atoms with Gasteiger partial charge in [-0.2, -0.15) is 0 Å². The summed E-state index contributed by atoms with van der Waals surface area (Å²) >= 11 is 0. The lowest BCUT2D eigenvalue weighted by molar-refractivity contribution is -0.107. The van der Waals surface area contributed by atoms with E-state index >= 15 is 0 Å². The molecule has 1 amide bonds. The summed E-state index contributed by atoms with van der Waals surface area (Å²) < 4.78 is 29.4. The summed E-state index contributed by atoms with van der Waals surface area (Å²) in [5, 5.41) is 5.81. The third kappa shape index (κ3) is 8.10. The number of hydrogen-bond donors (Lipinski definition) is 2. The first kappa shape index (κ1) is 24.9. The SMILES string of the molecule is CCC=O.CNc1cc(C(=O)NC(C)c2cnc(OCC(F)F)c(C)c2)cc(C)n1. The maximum absolute atomic E-state index is 12.5. The molecule has 0 aliphatic rings. The van der Waals surface area contributed by atoms with Crippen LogP contribution in [0.15, 0.2) is 24.4 Å². The number of nitrogens with one attached hydrogen (secondary N) is 2. The maximum atomic E-state index is 12.5. The lowest BCUT2D eigenvalue weighted by Gasteiger charge is -2.16. The summed E-state index contributed by atoms with van der Waals surface area (Å²) in [4.78, 5) is 30.0. The zero-order valence-electron chi connectivity index (χ0n) is 17.8. The molecule has 30 heavy (non-hydrogen) atoms. The van der Waals surface area contributed by atoms with E-state index in [9.17, 15) is 18.4 Å². The van der Waals surface area contributed by atoms with Gasteiger partial charge in [-0.3, -0.25) is 4.79 Å². The van der Waals surface area contributed by atoms with E-state index in [1.54, 1.807) is 32.2 Å². The number of pyridine rings is 2. The molecule has 0 saturated heterocycles. The van der Waals surface area contributed by atoms with Gasteiger partial charge in [0.05, 0.1) is 6.04 Å². The van der Waals surface area contributed by atoms with E-state index in [0.29, 0.717) is 23.4 Å². The molecule has 1 unspecified atom stereocenters. The monoisotopic (exact) mass is 422 g/mol. The summed E-state index contributed by atoms with van der Waals surface area (Å²) in [5.41, 5.74) is 2.60. The number of aromatic nitrogens is 2. The van der Waals surface area contributed by atoms with Gasteiger partial charge in [0.25, 0.3) is 12.3 Å². The Morgan fingerprint density at radius 3 is 2.47 bits per heavy atom. The van der Waals surface area contributed by atoms with Gasteiger partial charge in [-0.1, -0.05) is 6.92 Å². The summed E-state index contributed by atoms with van der Waals surface area (Å²) in [7, 11) is 1.73. The number of nitrogens with zero attached hydrogens (tertiary/aromatic N) is 2. The molecule has 7 nitrogen and oxygen atoms in total. The maximum Gasteiger partial charge on any atom is 0.272 e. The predicted octanol–water partition coefficient (Wildman–Crippen LogP) is 3.87. The number of aldehydes is 1. The normalized spacial score (nSPS) is 11.2. The minimum Gasteiger partial charge on any atom is -0.471 e. The van der Waals surface area contributed by atoms with Crippen LogP contribution < -0.4 is 15.4 Å². The van der Waals surface area contributed by atoms with Gasteiger partial charge in [-0.15, -0.1) is 0 Å². The first-order valence-electron chi connectivity index (χ1n) is 9.50. The van der Waals surface area contributed by atoms with E-state index in [0.717, 1.165) is 17.5 Å². The predicted molar refractivity (Wildman–Crippen MR) is 111 cm³/mol. The fraction of sp³-hybridized carbons (Fsp3) is 0.429. The number of aryl methyl sites for hydroxylation is 2. The third-order valence-corrected chi connectivity index (χ3v) is 3.88. The van der Waals surface area contributed by atoms with E-state index < -0.39 is 13.0 Å². The van der Waals surface area contributed by atoms with Crippen molar-refractivity contribution in [1.29, 1.82) is 0 Å². The van der Waals surface area contributed by atoms with Crippen molar-refractivity contribution in [3.05, 3.63) is 46.8 Å². The molecule has 9 heteroatoms. The molecule has 2 heterocycles. The van der Waals surface area contributed by atoms with Crippen molar-refractivity contribution in [3.63, 3.8) is 0 Å². The zero-order valence-corrected chi connectivity index (χ0v) is 17.8. The second kappa shape index (κ2) is 12.5. The Kier molecular flexibility index (Phi) is 10.4. The molecule has 0 bridgehead atoms. The van der Waals surface area contributed by atoms with Crippen LogP contribution in [0.3, 0.4) is 0 Å². The van der Waals surface area contributed by atoms with Gasteiger partial charge in [-0.05, 0) is 44.5 Å². The average Bonchev–Trinajstić information content (AvgIpc) is 2.72. The minimum absolute atomic E-state index is 0.163. The van der Waals surface area contributed by atoms with Crippen LogP contribution in [0.2, 0.25) is 0 Å². The molecule has 164 valence electrons. The molecular weight excluding hydrogens is 394 g/mol. The van der Waals surface area contributed by atoms with Crippen LogP contribution in [0.4, 0.5) is 14.6 Å². The highest BCUT2D eigenvalue weighted by atomic mass is 19.3. The Hall–Kier alpha value is -3.10. The largest absolute Gasteiger partial charge is 0.471 e. The Labute approximate surface area is 175 Å². The van der Waals surface area contributed by atoms with Crippen molar-refractivity contribution in [2.75, 3.05) is 19.0 Å². The van der Waals surface area contributed by atoms with Crippen LogP contribution in [0, 0.1) is 13.8 Å². The van der Waals surface area contributed by atoms with Gasteiger partial charge in [0, 0.05) is 36.5 Å². The highest BCUT2D eigenvalue weighted by molar-refractivity contribution is 5.95. The van der Waals surface area contributed by atoms with E-state index in [1.165, 1.54) is 6.20 Å². The van der Waals surface area contributed by atoms with Crippen LogP contribution in [0.1, 0.15) is 53.5 Å². The van der Waals surface area contributed by atoms with Gasteiger partial charge < -0.3 is 20.2 Å². The van der Waals surface area contributed by atoms with Crippen molar-refractivity contribution in [2.24, 2.45) is 0 Å². The van der Waals surface area contributed by atoms with Crippen LogP contribution in [-0.2, 0) is 4.79 Å². The summed E-state index contributed by atoms with van der Waals surface area (Å²) in [6.45, 7) is 6.46. The molecule has 0 aliphatic heterocycles. The van der Waals surface area contributed by atoms with Crippen LogP contribution in [-0.4, -0.2) is 42.2 Å². The summed E-state index contributed by atoms with van der Waals surface area (Å²) in [6.07, 6.45) is 0.468. The zero-order chi connectivity index (χ0) is 22.7. The fourth-order valence-electron chi connectivity index (χ4n) is 2.40. The van der Waals surface area contributed by atoms with Gasteiger partial charge in [0.1, 0.15) is 12.1 Å². The van der Waals surface area contributed by atoms with E-state index in [-0.39, 0.29) is 17.8 Å². The molecule has 2 rings (SSSR count). The first-order valence-corrected chi connectivity index (χ1v) is 9.50. The van der Waals surface area contributed by atoms with Crippen molar-refractivity contribution in [3.8, 4) is 5.88 Å². The van der Waals surface area contributed by atoms with E-state index in [2.05, 4.69) is 20.6 Å². The van der Waals surface area contributed by atoms with Gasteiger partial charge in [0.15, 0.2) is 6.61 Å². The van der Waals surface area contributed by atoms with Crippen LogP contribution in [0.25, 0.3) is 0 Å². The number of halogens is 2. The number of anilines is 1. The second-order valence-corrected chi connectivity index (χ2v) is 6.50. The number of ether oxygens (including phenoxy) is 1. The van der Waals surface area contributed by atoms with Crippen molar-refractivity contribution in [2.45, 2.75) is 46.6 Å². The molecule has 2 N–H and O–H groups in total. The van der Waals surface area contributed by atoms with Crippen molar-refractivity contribution < 1.29 is 23.1 Å². The third-order valence-electron chi connectivity index (χ3n) is 3.88. The summed E-state index contributed by atoms with van der Waals surface area (Å²) in [5.74, 6) is 0.534. The molecule has 0 saturated carbocycles. The van der Waals surface area contributed by atoms with E-state index in [4.69, 9.17) is 4.74 Å².